The number of hydrogen-bond donors (Lipinski definition) is 1. The number of nitrogens with zero attached hydrogens (tertiary/aromatic N) is 2. The molecule has 1 atom stereocenters. The van der Waals surface area contributed by atoms with E-state index in [1.807, 2.05) is 31.2 Å². The molecule has 1 amide bonds. The molecule has 26 heavy (non-hydrogen) atoms. The Kier molecular flexibility index (Phi) is 5.68. The Morgan fingerprint density at radius 3 is 2.54 bits per heavy atom. The maximum absolute atomic E-state index is 13.0. The number of hydrogen-bond acceptors (Lipinski definition) is 5. The zero-order valence-corrected chi connectivity index (χ0v) is 15.2. The summed E-state index contributed by atoms with van der Waals surface area (Å²) in [4.78, 5) is 12.1. The third-order valence-corrected chi connectivity index (χ3v) is 4.98. The van der Waals surface area contributed by atoms with Gasteiger partial charge in [0.15, 0.2) is 5.17 Å². The van der Waals surface area contributed by atoms with Crippen molar-refractivity contribution in [2.24, 2.45) is 10.2 Å². The van der Waals surface area contributed by atoms with E-state index in [1.165, 1.54) is 23.9 Å². The molecule has 0 aliphatic carbocycles. The van der Waals surface area contributed by atoms with E-state index in [-0.39, 0.29) is 17.0 Å². The van der Waals surface area contributed by atoms with Crippen LogP contribution in [0.4, 0.5) is 4.39 Å². The fourth-order valence-corrected chi connectivity index (χ4v) is 3.39. The van der Waals surface area contributed by atoms with Crippen LogP contribution in [0.3, 0.4) is 0 Å². The number of thioether (sulfide) groups is 1. The second-order valence-electron chi connectivity index (χ2n) is 5.75. The van der Waals surface area contributed by atoms with Crippen molar-refractivity contribution in [3.8, 4) is 5.75 Å². The molecule has 0 radical (unpaired) electrons. The number of amides is 1. The van der Waals surface area contributed by atoms with Gasteiger partial charge in [0.25, 0.3) is 0 Å². The molecule has 1 fully saturated rings. The van der Waals surface area contributed by atoms with Crippen molar-refractivity contribution in [1.82, 2.24) is 5.32 Å². The van der Waals surface area contributed by atoms with Crippen LogP contribution in [0.2, 0.25) is 0 Å². The lowest BCUT2D eigenvalue weighted by Crippen LogP contribution is -2.26. The molecule has 0 saturated carbocycles. The van der Waals surface area contributed by atoms with Gasteiger partial charge >= 0.3 is 0 Å². The number of rotatable bonds is 5. The third-order valence-electron chi connectivity index (χ3n) is 3.91. The van der Waals surface area contributed by atoms with Crippen molar-refractivity contribution in [1.29, 1.82) is 0 Å². The van der Waals surface area contributed by atoms with E-state index >= 15 is 0 Å². The van der Waals surface area contributed by atoms with Crippen molar-refractivity contribution in [2.75, 3.05) is 7.11 Å². The average molecular weight is 371 g/mol. The lowest BCUT2D eigenvalue weighted by Gasteiger charge is -2.04. The quantitative estimate of drug-likeness (QED) is 0.647. The van der Waals surface area contributed by atoms with Gasteiger partial charge in [0.1, 0.15) is 11.6 Å². The lowest BCUT2D eigenvalue weighted by atomic mass is 10.1. The number of halogens is 1. The van der Waals surface area contributed by atoms with Crippen LogP contribution >= 0.6 is 11.8 Å². The van der Waals surface area contributed by atoms with Gasteiger partial charge in [0.2, 0.25) is 5.91 Å². The number of amidine groups is 1. The van der Waals surface area contributed by atoms with E-state index in [1.54, 1.807) is 19.2 Å². The summed E-state index contributed by atoms with van der Waals surface area (Å²) in [5.41, 5.74) is 2.56. The first-order chi connectivity index (χ1) is 12.5. The summed E-state index contributed by atoms with van der Waals surface area (Å²) < 4.78 is 18.1. The van der Waals surface area contributed by atoms with Crippen LogP contribution in [-0.4, -0.2) is 29.1 Å². The zero-order chi connectivity index (χ0) is 18.5. The minimum absolute atomic E-state index is 0.115. The fourth-order valence-electron chi connectivity index (χ4n) is 2.43. The summed E-state index contributed by atoms with van der Waals surface area (Å²) in [6.45, 7) is 1.85. The van der Waals surface area contributed by atoms with Crippen LogP contribution in [0.1, 0.15) is 18.1 Å². The monoisotopic (exact) mass is 371 g/mol. The highest BCUT2D eigenvalue weighted by molar-refractivity contribution is 8.15. The van der Waals surface area contributed by atoms with Crippen LogP contribution in [0.25, 0.3) is 0 Å². The van der Waals surface area contributed by atoms with Crippen molar-refractivity contribution >= 4 is 28.5 Å². The summed E-state index contributed by atoms with van der Waals surface area (Å²) in [5, 5.41) is 11.2. The number of methoxy groups -OCH3 is 1. The van der Waals surface area contributed by atoms with Gasteiger partial charge in [-0.1, -0.05) is 23.9 Å². The van der Waals surface area contributed by atoms with E-state index in [9.17, 15) is 9.18 Å². The average Bonchev–Trinajstić information content (AvgIpc) is 3.01. The molecule has 2 aromatic rings. The largest absolute Gasteiger partial charge is 0.497 e. The normalized spacial score (nSPS) is 18.9. The Hall–Kier alpha value is -2.67. The molecule has 0 unspecified atom stereocenters. The molecule has 7 heteroatoms. The highest BCUT2D eigenvalue weighted by Crippen LogP contribution is 2.23. The highest BCUT2D eigenvalue weighted by Gasteiger charge is 2.30. The first-order valence-electron chi connectivity index (χ1n) is 8.04. The van der Waals surface area contributed by atoms with Gasteiger partial charge in [0.05, 0.1) is 18.1 Å². The molecule has 2 aromatic carbocycles. The van der Waals surface area contributed by atoms with Gasteiger partial charge in [-0.3, -0.25) is 4.79 Å². The van der Waals surface area contributed by atoms with Crippen molar-refractivity contribution in [3.05, 3.63) is 65.5 Å². The first-order valence-corrected chi connectivity index (χ1v) is 8.92. The number of carbonyl (C=O) groups is 1. The second-order valence-corrected chi connectivity index (χ2v) is 6.94. The fraction of sp³-hybridized carbons (Fsp3) is 0.211. The zero-order valence-electron chi connectivity index (χ0n) is 14.4. The summed E-state index contributed by atoms with van der Waals surface area (Å²) in [5.74, 6) is 0.369. The van der Waals surface area contributed by atoms with Crippen LogP contribution < -0.4 is 10.1 Å². The number of ether oxygens (including phenoxy) is 1. The van der Waals surface area contributed by atoms with Gasteiger partial charge in [-0.05, 0) is 60.9 Å². The van der Waals surface area contributed by atoms with Crippen molar-refractivity contribution in [2.45, 2.75) is 18.6 Å². The Morgan fingerprint density at radius 2 is 1.88 bits per heavy atom. The predicted molar refractivity (Wildman–Crippen MR) is 102 cm³/mol. The standard InChI is InChI=1S/C19H18FN3O2S/c1-12(14-5-9-16(25-2)10-6-14)22-23-19-21-18(24)17(26-19)11-13-3-7-15(20)8-4-13/h3-10,17H,11H2,1-2H3,(H,21,23,24)/b22-12+/t17-/m1/s1. The number of nitrogens with one attached hydrogen (secondary N) is 1. The molecule has 5 nitrogen and oxygen atoms in total. The molecule has 134 valence electrons. The molecule has 3 rings (SSSR count). The van der Waals surface area contributed by atoms with Crippen LogP contribution in [0, 0.1) is 5.82 Å². The van der Waals surface area contributed by atoms with Crippen LogP contribution in [-0.2, 0) is 11.2 Å². The molecule has 1 aliphatic rings. The van der Waals surface area contributed by atoms with E-state index in [0.29, 0.717) is 11.6 Å². The maximum atomic E-state index is 13.0. The smallest absolute Gasteiger partial charge is 0.239 e. The second kappa shape index (κ2) is 8.14. The van der Waals surface area contributed by atoms with Gasteiger partial charge in [-0.2, -0.15) is 5.10 Å². The van der Waals surface area contributed by atoms with Crippen molar-refractivity contribution < 1.29 is 13.9 Å². The molecule has 0 aromatic heterocycles. The summed E-state index contributed by atoms with van der Waals surface area (Å²) in [6.07, 6.45) is 0.511. The maximum Gasteiger partial charge on any atom is 0.239 e. The minimum atomic E-state index is -0.296. The molecular formula is C19H18FN3O2S. The SMILES string of the molecule is COc1ccc(/C(C)=N/N=C2/NC(=O)[C@@H](Cc3ccc(F)cc3)S2)cc1. The first kappa shape index (κ1) is 18.1. The van der Waals surface area contributed by atoms with Crippen LogP contribution in [0.15, 0.2) is 58.7 Å². The lowest BCUT2D eigenvalue weighted by molar-refractivity contribution is -0.118. The van der Waals surface area contributed by atoms with Gasteiger partial charge in [-0.15, -0.1) is 5.10 Å². The summed E-state index contributed by atoms with van der Waals surface area (Å²) in [7, 11) is 1.62. The number of benzene rings is 2. The molecule has 1 saturated heterocycles. The van der Waals surface area contributed by atoms with E-state index in [2.05, 4.69) is 15.5 Å². The van der Waals surface area contributed by atoms with Crippen LogP contribution in [0.5, 0.6) is 5.75 Å². The van der Waals surface area contributed by atoms with E-state index < -0.39 is 0 Å². The minimum Gasteiger partial charge on any atom is -0.497 e. The van der Waals surface area contributed by atoms with Gasteiger partial charge < -0.3 is 10.1 Å². The molecule has 1 heterocycles. The van der Waals surface area contributed by atoms with Gasteiger partial charge in [0, 0.05) is 0 Å². The Labute approximate surface area is 155 Å². The Bertz CT molecular complexity index is 848. The third kappa shape index (κ3) is 4.49. The number of carbonyl (C=O) groups excluding carboxylic acids is 1. The summed E-state index contributed by atoms with van der Waals surface area (Å²) in [6, 6.07) is 13.7. The molecule has 1 aliphatic heterocycles. The van der Waals surface area contributed by atoms with E-state index in [4.69, 9.17) is 4.74 Å². The topological polar surface area (TPSA) is 63.1 Å². The molecule has 1 N–H and O–H groups in total. The highest BCUT2D eigenvalue weighted by atomic mass is 32.2. The molecular weight excluding hydrogens is 353 g/mol. The molecule has 0 bridgehead atoms. The van der Waals surface area contributed by atoms with Gasteiger partial charge in [-0.25, -0.2) is 4.39 Å². The molecule has 0 spiro atoms. The Morgan fingerprint density at radius 1 is 1.19 bits per heavy atom. The van der Waals surface area contributed by atoms with E-state index in [0.717, 1.165) is 22.6 Å². The predicted octanol–water partition coefficient (Wildman–Crippen LogP) is 3.39. The van der Waals surface area contributed by atoms with Crippen molar-refractivity contribution in [3.63, 3.8) is 0 Å². The summed E-state index contributed by atoms with van der Waals surface area (Å²) >= 11 is 1.33. The Balaban J connectivity index is 1.65.